The maximum Gasteiger partial charge on any atom is 0.255 e. The Bertz CT molecular complexity index is 1490. The molecule has 10 nitrogen and oxygen atoms in total. The van der Waals surface area contributed by atoms with Crippen LogP contribution >= 0.6 is 0 Å². The Morgan fingerprint density at radius 2 is 1.93 bits per heavy atom. The number of nitrogens with one attached hydrogen (secondary N) is 1. The second-order valence-electron chi connectivity index (χ2n) is 11.5. The molecule has 0 spiro atoms. The molecule has 0 radical (unpaired) electrons. The number of piperidine rings is 2. The summed E-state index contributed by atoms with van der Waals surface area (Å²) >= 11 is 0. The maximum atomic E-state index is 16.1. The number of rotatable bonds is 5. The first-order chi connectivity index (χ1) is 19.1. The zero-order valence-corrected chi connectivity index (χ0v) is 22.3. The van der Waals surface area contributed by atoms with Gasteiger partial charge in [-0.05, 0) is 36.6 Å². The number of aliphatic hydroxyl groups is 1. The fraction of sp³-hybridized carbons (Fsp3) is 0.414. The number of nitrogens with zero attached hydrogens (tertiary/aromatic N) is 4. The SMILES string of the molecule is CC1(C)CN(Cc2ccc(-c3nnco3)cc2)CCC1(O)c1ccc2c(c1F)CN(C1CCC(=O)NC1=O)C2=O. The molecule has 0 bridgehead atoms. The van der Waals surface area contributed by atoms with Gasteiger partial charge in [0.1, 0.15) is 11.9 Å². The molecule has 2 aromatic carbocycles. The van der Waals surface area contributed by atoms with Crippen molar-refractivity contribution in [2.24, 2.45) is 5.41 Å². The van der Waals surface area contributed by atoms with Crippen LogP contribution in [0.4, 0.5) is 4.39 Å². The topological polar surface area (TPSA) is 129 Å². The van der Waals surface area contributed by atoms with E-state index in [1.54, 1.807) is 6.07 Å². The highest BCUT2D eigenvalue weighted by Gasteiger charge is 2.51. The molecule has 3 aromatic rings. The van der Waals surface area contributed by atoms with Gasteiger partial charge in [0.25, 0.3) is 5.91 Å². The van der Waals surface area contributed by atoms with Crippen LogP contribution in [-0.2, 0) is 28.3 Å². The first kappa shape index (κ1) is 26.3. The van der Waals surface area contributed by atoms with E-state index in [1.807, 2.05) is 38.1 Å². The highest BCUT2D eigenvalue weighted by molar-refractivity contribution is 6.05. The van der Waals surface area contributed by atoms with Crippen LogP contribution in [0.1, 0.15) is 60.2 Å². The molecular formula is C29H30FN5O5. The van der Waals surface area contributed by atoms with E-state index < -0.39 is 34.7 Å². The minimum atomic E-state index is -1.46. The van der Waals surface area contributed by atoms with Crippen LogP contribution in [0.3, 0.4) is 0 Å². The summed E-state index contributed by atoms with van der Waals surface area (Å²) in [7, 11) is 0. The monoisotopic (exact) mass is 547 g/mol. The molecule has 208 valence electrons. The number of benzene rings is 2. The Labute approximate surface area is 230 Å². The number of carbonyl (C=O) groups excluding carboxylic acids is 3. The number of likely N-dealkylation sites (tertiary alicyclic amines) is 1. The molecule has 3 amide bonds. The number of hydrogen-bond donors (Lipinski definition) is 2. The fourth-order valence-corrected chi connectivity index (χ4v) is 6.29. The van der Waals surface area contributed by atoms with Crippen molar-refractivity contribution in [3.05, 3.63) is 70.9 Å². The van der Waals surface area contributed by atoms with Gasteiger partial charge in [0.05, 0.1) is 12.1 Å². The van der Waals surface area contributed by atoms with Crippen LogP contribution in [0.2, 0.25) is 0 Å². The largest absolute Gasteiger partial charge is 0.423 e. The normalized spacial score (nSPS) is 24.8. The highest BCUT2D eigenvalue weighted by Crippen LogP contribution is 2.48. The van der Waals surface area contributed by atoms with E-state index in [0.717, 1.165) is 11.1 Å². The summed E-state index contributed by atoms with van der Waals surface area (Å²) < 4.78 is 21.3. The van der Waals surface area contributed by atoms with E-state index in [0.29, 0.717) is 31.9 Å². The third-order valence-electron chi connectivity index (χ3n) is 8.59. The second kappa shape index (κ2) is 9.60. The van der Waals surface area contributed by atoms with Gasteiger partial charge in [-0.3, -0.25) is 24.6 Å². The van der Waals surface area contributed by atoms with Crippen LogP contribution in [0.5, 0.6) is 0 Å². The predicted molar refractivity (Wildman–Crippen MR) is 140 cm³/mol. The van der Waals surface area contributed by atoms with E-state index in [1.165, 1.54) is 17.4 Å². The summed E-state index contributed by atoms with van der Waals surface area (Å²) in [5, 5.41) is 21.9. The first-order valence-corrected chi connectivity index (χ1v) is 13.3. The molecule has 0 aliphatic carbocycles. The molecule has 4 heterocycles. The van der Waals surface area contributed by atoms with Gasteiger partial charge in [-0.15, -0.1) is 10.2 Å². The quantitative estimate of drug-likeness (QED) is 0.467. The summed E-state index contributed by atoms with van der Waals surface area (Å²) in [6.07, 6.45) is 1.92. The minimum Gasteiger partial charge on any atom is -0.423 e. The third-order valence-corrected chi connectivity index (χ3v) is 8.59. The number of amides is 3. The van der Waals surface area contributed by atoms with Gasteiger partial charge in [-0.1, -0.05) is 32.0 Å². The molecule has 2 unspecified atom stereocenters. The van der Waals surface area contributed by atoms with Gasteiger partial charge in [-0.2, -0.15) is 0 Å². The van der Waals surface area contributed by atoms with E-state index >= 15 is 4.39 Å². The highest BCUT2D eigenvalue weighted by atomic mass is 19.1. The smallest absolute Gasteiger partial charge is 0.255 e. The molecule has 3 aliphatic rings. The zero-order chi connectivity index (χ0) is 28.2. The molecule has 3 aliphatic heterocycles. The van der Waals surface area contributed by atoms with Gasteiger partial charge >= 0.3 is 0 Å². The first-order valence-electron chi connectivity index (χ1n) is 13.3. The second-order valence-corrected chi connectivity index (χ2v) is 11.5. The van der Waals surface area contributed by atoms with Gasteiger partial charge in [0.2, 0.25) is 24.1 Å². The van der Waals surface area contributed by atoms with Crippen LogP contribution in [-0.4, -0.2) is 62.0 Å². The number of hydrogen-bond acceptors (Lipinski definition) is 8. The van der Waals surface area contributed by atoms with E-state index in [2.05, 4.69) is 20.4 Å². The van der Waals surface area contributed by atoms with Crippen molar-refractivity contribution >= 4 is 17.7 Å². The van der Waals surface area contributed by atoms with Crippen molar-refractivity contribution in [3.8, 4) is 11.5 Å². The Kier molecular flexibility index (Phi) is 6.30. The lowest BCUT2D eigenvalue weighted by Crippen LogP contribution is -2.55. The summed E-state index contributed by atoms with van der Waals surface area (Å²) in [6, 6.07) is 10.1. The number of aromatic nitrogens is 2. The van der Waals surface area contributed by atoms with E-state index in [9.17, 15) is 19.5 Å². The molecule has 2 atom stereocenters. The van der Waals surface area contributed by atoms with Crippen molar-refractivity contribution in [2.45, 2.75) is 57.8 Å². The van der Waals surface area contributed by atoms with Crippen molar-refractivity contribution in [1.29, 1.82) is 0 Å². The van der Waals surface area contributed by atoms with Crippen molar-refractivity contribution < 1.29 is 28.3 Å². The third kappa shape index (κ3) is 4.29. The molecule has 0 saturated carbocycles. The molecule has 2 saturated heterocycles. The summed E-state index contributed by atoms with van der Waals surface area (Å²) in [6.45, 7) is 5.49. The standard InChI is InChI=1S/C29H30FN5O5/c1-28(2)15-34(13-17-3-5-18(6-4-17)26-33-31-16-40-26)12-11-29(28,39)21-8-7-19-20(24(21)30)14-35(27(19)38)22-9-10-23(36)32-25(22)37/h3-8,16,22,39H,9-15H2,1-2H3,(H,32,36,37). The lowest BCUT2D eigenvalue weighted by Gasteiger charge is -2.50. The molecule has 1 aromatic heterocycles. The maximum absolute atomic E-state index is 16.1. The molecule has 2 N–H and O–H groups in total. The average Bonchev–Trinajstić information content (AvgIpc) is 3.56. The summed E-state index contributed by atoms with van der Waals surface area (Å²) in [4.78, 5) is 40.6. The number of fused-ring (bicyclic) bond motifs is 1. The van der Waals surface area contributed by atoms with Crippen molar-refractivity contribution in [2.75, 3.05) is 13.1 Å². The lowest BCUT2D eigenvalue weighted by molar-refractivity contribution is -0.137. The molecule has 40 heavy (non-hydrogen) atoms. The molecular weight excluding hydrogens is 517 g/mol. The molecule has 6 rings (SSSR count). The summed E-state index contributed by atoms with van der Waals surface area (Å²) in [5.74, 6) is -1.53. The van der Waals surface area contributed by atoms with Crippen LogP contribution < -0.4 is 5.32 Å². The van der Waals surface area contributed by atoms with E-state index in [4.69, 9.17) is 4.42 Å². The van der Waals surface area contributed by atoms with E-state index in [-0.39, 0.29) is 42.0 Å². The van der Waals surface area contributed by atoms with Gasteiger partial charge in [0, 0.05) is 53.7 Å². The minimum absolute atomic E-state index is 0.0810. The van der Waals surface area contributed by atoms with Gasteiger partial charge < -0.3 is 14.4 Å². The Balaban J connectivity index is 1.19. The zero-order valence-electron chi connectivity index (χ0n) is 22.3. The van der Waals surface area contributed by atoms with Crippen LogP contribution in [0, 0.1) is 11.2 Å². The average molecular weight is 548 g/mol. The Morgan fingerprint density at radius 3 is 2.60 bits per heavy atom. The van der Waals surface area contributed by atoms with Gasteiger partial charge in [0.15, 0.2) is 0 Å². The number of halogens is 1. The van der Waals surface area contributed by atoms with Gasteiger partial charge in [-0.25, -0.2) is 4.39 Å². The van der Waals surface area contributed by atoms with Crippen LogP contribution in [0.15, 0.2) is 47.2 Å². The fourth-order valence-electron chi connectivity index (χ4n) is 6.29. The van der Waals surface area contributed by atoms with Crippen molar-refractivity contribution in [1.82, 2.24) is 25.3 Å². The van der Waals surface area contributed by atoms with Crippen LogP contribution in [0.25, 0.3) is 11.5 Å². The Hall–Kier alpha value is -3.96. The number of carbonyl (C=O) groups is 3. The van der Waals surface area contributed by atoms with Crippen molar-refractivity contribution in [3.63, 3.8) is 0 Å². The molecule has 2 fully saturated rings. The molecule has 11 heteroatoms. The number of imide groups is 1. The predicted octanol–water partition coefficient (Wildman–Crippen LogP) is 2.76. The lowest BCUT2D eigenvalue weighted by atomic mass is 9.66. The summed E-state index contributed by atoms with van der Waals surface area (Å²) in [5.41, 5.74) is 0.272. The Morgan fingerprint density at radius 1 is 1.15 bits per heavy atom.